The Morgan fingerprint density at radius 2 is 1.81 bits per heavy atom. The predicted molar refractivity (Wildman–Crippen MR) is 188 cm³/mol. The number of anilines is 1. The predicted octanol–water partition coefficient (Wildman–Crippen LogP) is 5.33. The van der Waals surface area contributed by atoms with Crippen molar-refractivity contribution in [1.82, 2.24) is 19.7 Å². The van der Waals surface area contributed by atoms with E-state index in [0.717, 1.165) is 64.8 Å². The molecule has 2 saturated heterocycles. The molecule has 48 heavy (non-hydrogen) atoms. The monoisotopic (exact) mass is 681 g/mol. The molecule has 7 rings (SSSR count). The molecule has 1 amide bonds. The Bertz CT molecular complexity index is 2020. The van der Waals surface area contributed by atoms with Gasteiger partial charge in [0.1, 0.15) is 16.9 Å². The van der Waals surface area contributed by atoms with E-state index < -0.39 is 12.0 Å². The van der Waals surface area contributed by atoms with Crippen LogP contribution in [0.2, 0.25) is 5.02 Å². The van der Waals surface area contributed by atoms with Crippen molar-refractivity contribution in [2.75, 3.05) is 37.6 Å². The molecule has 2 aromatic heterocycles. The van der Waals surface area contributed by atoms with Crippen LogP contribution in [0.3, 0.4) is 0 Å². The van der Waals surface area contributed by atoms with Gasteiger partial charge in [-0.25, -0.2) is 4.79 Å². The maximum atomic E-state index is 13.9. The number of nitrogens with two attached hydrogens (primary N) is 1. The second kappa shape index (κ2) is 12.5. The van der Waals surface area contributed by atoms with E-state index >= 15 is 0 Å². The Hall–Kier alpha value is -4.50. The van der Waals surface area contributed by atoms with E-state index in [2.05, 4.69) is 45.4 Å². The second-order valence-electron chi connectivity index (χ2n) is 12.9. The number of rotatable bonds is 5. The van der Waals surface area contributed by atoms with Crippen molar-refractivity contribution in [3.8, 4) is 16.8 Å². The van der Waals surface area contributed by atoms with Gasteiger partial charge in [-0.05, 0) is 69.5 Å². The van der Waals surface area contributed by atoms with Crippen LogP contribution in [0.4, 0.5) is 5.69 Å². The lowest BCUT2D eigenvalue weighted by Gasteiger charge is -2.55. The summed E-state index contributed by atoms with van der Waals surface area (Å²) < 4.78 is 2.08. The minimum absolute atomic E-state index is 0.0583. The summed E-state index contributed by atoms with van der Waals surface area (Å²) in [6.45, 7) is 9.40. The molecule has 3 N–H and O–H groups in total. The molecule has 2 aromatic carbocycles. The number of piperidine rings is 1. The summed E-state index contributed by atoms with van der Waals surface area (Å²) in [5.74, 6) is 6.17. The summed E-state index contributed by atoms with van der Waals surface area (Å²) >= 11 is 7.94. The highest BCUT2D eigenvalue weighted by atomic mass is 35.5. The minimum Gasteiger partial charge on any atom is -0.478 e. The third-order valence-electron chi connectivity index (χ3n) is 9.88. The summed E-state index contributed by atoms with van der Waals surface area (Å²) in [7, 11) is 0. The van der Waals surface area contributed by atoms with Crippen LogP contribution in [0.5, 0.6) is 0 Å². The van der Waals surface area contributed by atoms with Crippen LogP contribution in [-0.4, -0.2) is 75.1 Å². The first-order valence-corrected chi connectivity index (χ1v) is 17.2. The van der Waals surface area contributed by atoms with Crippen LogP contribution >= 0.6 is 22.9 Å². The SMILES string of the molecule is Cc1sc2c(c1C)C(c1ccc(Cl)cc1)=N[C@@H](CC(=O)N1CCC3(CC1)CN(c1ccc(C(=O)O)c(C#CCN)c1)C3)c1nnc(C)n1-2. The van der Waals surface area contributed by atoms with E-state index in [1.165, 1.54) is 4.88 Å². The molecule has 3 aliphatic heterocycles. The molecule has 0 unspecified atom stereocenters. The quantitative estimate of drug-likeness (QED) is 0.273. The largest absolute Gasteiger partial charge is 0.478 e. The van der Waals surface area contributed by atoms with Crippen molar-refractivity contribution in [3.05, 3.63) is 91.8 Å². The number of nitrogens with zero attached hydrogens (tertiary/aromatic N) is 6. The lowest BCUT2D eigenvalue weighted by Crippen LogP contribution is -2.61. The van der Waals surface area contributed by atoms with E-state index in [-0.39, 0.29) is 29.9 Å². The van der Waals surface area contributed by atoms with Gasteiger partial charge in [0.15, 0.2) is 5.82 Å². The number of fused-ring (bicyclic) bond motifs is 3. The van der Waals surface area contributed by atoms with Gasteiger partial charge in [-0.3, -0.25) is 14.4 Å². The number of aliphatic imine (C=N–C) groups is 1. The lowest BCUT2D eigenvalue weighted by atomic mass is 9.71. The lowest BCUT2D eigenvalue weighted by molar-refractivity contribution is -0.134. The maximum Gasteiger partial charge on any atom is 0.336 e. The highest BCUT2D eigenvalue weighted by Gasteiger charge is 2.46. The van der Waals surface area contributed by atoms with Gasteiger partial charge in [0.05, 0.1) is 24.2 Å². The summed E-state index contributed by atoms with van der Waals surface area (Å²) in [6, 6.07) is 12.5. The fourth-order valence-electron chi connectivity index (χ4n) is 7.08. The van der Waals surface area contributed by atoms with E-state index in [1.54, 1.807) is 17.4 Å². The molecule has 2 fully saturated rings. The second-order valence-corrected chi connectivity index (χ2v) is 14.5. The summed E-state index contributed by atoms with van der Waals surface area (Å²) in [5.41, 5.74) is 11.2. The highest BCUT2D eigenvalue weighted by molar-refractivity contribution is 7.15. The molecule has 10 nitrogen and oxygen atoms in total. The number of hydrogen-bond acceptors (Lipinski definition) is 8. The van der Waals surface area contributed by atoms with Crippen LogP contribution < -0.4 is 10.6 Å². The van der Waals surface area contributed by atoms with Gasteiger partial charge in [0, 0.05) is 63.9 Å². The molecule has 0 bridgehead atoms. The van der Waals surface area contributed by atoms with E-state index in [1.807, 2.05) is 48.2 Å². The summed E-state index contributed by atoms with van der Waals surface area (Å²) in [6.07, 6.45) is 2.00. The zero-order valence-corrected chi connectivity index (χ0v) is 28.7. The number of carbonyl (C=O) groups is 2. The van der Waals surface area contributed by atoms with Gasteiger partial charge in [-0.15, -0.1) is 21.5 Å². The number of carbonyl (C=O) groups excluding carboxylic acids is 1. The molecule has 0 saturated carbocycles. The van der Waals surface area contributed by atoms with Crippen molar-refractivity contribution in [3.63, 3.8) is 0 Å². The van der Waals surface area contributed by atoms with Crippen LogP contribution in [0.15, 0.2) is 47.5 Å². The van der Waals surface area contributed by atoms with Gasteiger partial charge in [-0.1, -0.05) is 35.6 Å². The molecule has 0 aliphatic carbocycles. The molecule has 5 heterocycles. The smallest absolute Gasteiger partial charge is 0.336 e. The summed E-state index contributed by atoms with van der Waals surface area (Å²) in [4.78, 5) is 36.3. The average molecular weight is 682 g/mol. The van der Waals surface area contributed by atoms with Gasteiger partial charge >= 0.3 is 5.97 Å². The Balaban J connectivity index is 1.08. The normalized spacial score (nSPS) is 17.9. The number of thiophene rings is 1. The van der Waals surface area contributed by atoms with Gasteiger partial charge in [0.2, 0.25) is 5.91 Å². The Labute approximate surface area is 288 Å². The third-order valence-corrected chi connectivity index (χ3v) is 11.3. The highest BCUT2D eigenvalue weighted by Crippen LogP contribution is 2.44. The molecule has 246 valence electrons. The van der Waals surface area contributed by atoms with E-state index in [9.17, 15) is 14.7 Å². The molecule has 4 aromatic rings. The van der Waals surface area contributed by atoms with E-state index in [0.29, 0.717) is 29.5 Å². The van der Waals surface area contributed by atoms with Crippen LogP contribution in [0.25, 0.3) is 5.00 Å². The number of aromatic nitrogens is 3. The topological polar surface area (TPSA) is 130 Å². The van der Waals surface area contributed by atoms with Crippen LogP contribution in [0.1, 0.15) is 74.4 Å². The Kier molecular flexibility index (Phi) is 8.36. The van der Waals surface area contributed by atoms with Gasteiger partial charge in [0.25, 0.3) is 0 Å². The number of hydrogen-bond donors (Lipinski definition) is 2. The fraction of sp³-hybridized carbons (Fsp3) is 0.361. The number of benzene rings is 2. The zero-order valence-electron chi connectivity index (χ0n) is 27.1. The zero-order chi connectivity index (χ0) is 33.7. The number of halogens is 1. The first kappa shape index (κ1) is 32.1. The number of carboxylic acid groups (broad SMARTS) is 1. The first-order chi connectivity index (χ1) is 23.1. The maximum absolute atomic E-state index is 13.9. The molecular weight excluding hydrogens is 646 g/mol. The average Bonchev–Trinajstić information content (AvgIpc) is 3.54. The third kappa shape index (κ3) is 5.68. The minimum atomic E-state index is -1.01. The molecule has 1 atom stereocenters. The Morgan fingerprint density at radius 1 is 1.08 bits per heavy atom. The van der Waals surface area contributed by atoms with Crippen molar-refractivity contribution < 1.29 is 14.7 Å². The first-order valence-electron chi connectivity index (χ1n) is 16.0. The molecular formula is C36H36ClN7O3S. The molecule has 0 radical (unpaired) electrons. The van der Waals surface area contributed by atoms with E-state index in [4.69, 9.17) is 22.3 Å². The van der Waals surface area contributed by atoms with Crippen LogP contribution in [-0.2, 0) is 4.79 Å². The standard InChI is InChI=1S/C36H36ClN7O3S/c1-21-22(2)48-34-31(21)32(24-6-8-26(37)9-7-24)39-29(33-41-40-23(3)44(33)34)18-30(45)42-15-12-36(13-16-42)19-43(20-36)27-10-11-28(35(46)47)25(17-27)5-4-14-38/h6-11,17,29H,12-16,18-20,38H2,1-3H3,(H,46,47)/t29-/m0/s1. The molecule has 1 spiro atoms. The van der Waals surface area contributed by atoms with Crippen molar-refractivity contribution >= 4 is 46.2 Å². The Morgan fingerprint density at radius 3 is 2.50 bits per heavy atom. The number of carboxylic acids is 1. The van der Waals surface area contributed by atoms with Gasteiger partial charge in [-0.2, -0.15) is 0 Å². The fourth-order valence-corrected chi connectivity index (χ4v) is 8.42. The number of aryl methyl sites for hydroxylation is 2. The molecule has 3 aliphatic rings. The van der Waals surface area contributed by atoms with Crippen molar-refractivity contribution in [2.45, 2.75) is 46.1 Å². The summed E-state index contributed by atoms with van der Waals surface area (Å²) in [5, 5.41) is 20.2. The molecule has 12 heteroatoms. The van der Waals surface area contributed by atoms with Gasteiger partial charge < -0.3 is 20.6 Å². The number of amides is 1. The van der Waals surface area contributed by atoms with Crippen molar-refractivity contribution in [2.24, 2.45) is 16.1 Å². The number of aromatic carboxylic acids is 1. The van der Waals surface area contributed by atoms with Crippen LogP contribution in [0, 0.1) is 38.0 Å². The van der Waals surface area contributed by atoms with Crippen molar-refractivity contribution in [1.29, 1.82) is 0 Å². The number of likely N-dealkylation sites (tertiary alicyclic amines) is 1.